The Bertz CT molecular complexity index is 892. The number of aryl methyl sites for hydroxylation is 1. The van der Waals surface area contributed by atoms with Crippen molar-refractivity contribution in [1.82, 2.24) is 4.57 Å². The van der Waals surface area contributed by atoms with Gasteiger partial charge >= 0.3 is 0 Å². The summed E-state index contributed by atoms with van der Waals surface area (Å²) < 4.78 is 2.37. The Morgan fingerprint density at radius 1 is 0.913 bits per heavy atom. The Kier molecular flexibility index (Phi) is 2.67. The number of fused-ring (bicyclic) bond motifs is 3. The van der Waals surface area contributed by atoms with E-state index >= 15 is 0 Å². The molecule has 0 spiro atoms. The zero-order chi connectivity index (χ0) is 15.6. The maximum Gasteiger partial charge on any atom is 0.110 e. The zero-order valence-corrected chi connectivity index (χ0v) is 13.7. The largest absolute Gasteiger partial charge is 0.348 e. The fourth-order valence-electron chi connectivity index (χ4n) is 4.96. The molecule has 3 unspecified atom stereocenters. The van der Waals surface area contributed by atoms with Gasteiger partial charge in [-0.3, -0.25) is 0 Å². The predicted molar refractivity (Wildman–Crippen MR) is 96.0 cm³/mol. The average Bonchev–Trinajstić information content (AvgIpc) is 2.93. The van der Waals surface area contributed by atoms with Crippen LogP contribution in [-0.2, 0) is 7.05 Å². The first-order chi connectivity index (χ1) is 11.3. The number of rotatable bonds is 1. The predicted octanol–water partition coefficient (Wildman–Crippen LogP) is 5.01. The van der Waals surface area contributed by atoms with Gasteiger partial charge in [-0.1, -0.05) is 42.5 Å². The van der Waals surface area contributed by atoms with Gasteiger partial charge in [0.2, 0.25) is 0 Å². The molecule has 1 fully saturated rings. The summed E-state index contributed by atoms with van der Waals surface area (Å²) in [5, 5.41) is 1.34. The second kappa shape index (κ2) is 4.64. The van der Waals surface area contributed by atoms with Crippen LogP contribution in [0.1, 0.15) is 42.9 Å². The van der Waals surface area contributed by atoms with E-state index in [4.69, 9.17) is 0 Å². The van der Waals surface area contributed by atoms with Crippen molar-refractivity contribution in [3.8, 4) is 0 Å². The average molecular weight is 302 g/mol. The van der Waals surface area contributed by atoms with Crippen LogP contribution < -0.4 is 4.90 Å². The fourth-order valence-corrected chi connectivity index (χ4v) is 4.96. The van der Waals surface area contributed by atoms with Gasteiger partial charge in [0.05, 0.1) is 6.04 Å². The molecule has 3 heterocycles. The first kappa shape index (κ1) is 13.2. The van der Waals surface area contributed by atoms with E-state index < -0.39 is 0 Å². The van der Waals surface area contributed by atoms with Crippen molar-refractivity contribution in [2.24, 2.45) is 7.05 Å². The Morgan fingerprint density at radius 2 is 1.65 bits per heavy atom. The fraction of sp³-hybridized carbons (Fsp3) is 0.333. The smallest absolute Gasteiger partial charge is 0.110 e. The summed E-state index contributed by atoms with van der Waals surface area (Å²) in [5.41, 5.74) is 4.46. The maximum absolute atomic E-state index is 2.68. The number of benzene rings is 2. The molecule has 1 aromatic heterocycles. The lowest BCUT2D eigenvalue weighted by atomic mass is 9.71. The Balaban J connectivity index is 1.70. The molecule has 6 rings (SSSR count). The molecule has 2 bridgehead atoms. The molecule has 2 aromatic carbocycles. The Morgan fingerprint density at radius 3 is 2.48 bits per heavy atom. The summed E-state index contributed by atoms with van der Waals surface area (Å²) >= 11 is 0. The zero-order valence-electron chi connectivity index (χ0n) is 13.7. The minimum absolute atomic E-state index is 0.522. The van der Waals surface area contributed by atoms with E-state index in [0.29, 0.717) is 18.0 Å². The Hall–Kier alpha value is -2.22. The standard InChI is InChI=1S/C21H22N2/c1-14-16-11-12-20(18-9-5-4-8-17(16)18)23(14)21-13-15-7-3-6-10-19(15)22(21)2/h3-10,13-14,16,20H,11-12H2,1-2H3. The highest BCUT2D eigenvalue weighted by Crippen LogP contribution is 2.52. The SMILES string of the molecule is CC1C2CCC(c3ccccc32)N1c1cc2ccccc2n1C. The van der Waals surface area contributed by atoms with Crippen LogP contribution in [0.15, 0.2) is 54.6 Å². The van der Waals surface area contributed by atoms with Gasteiger partial charge in [-0.15, -0.1) is 0 Å². The maximum atomic E-state index is 2.68. The minimum atomic E-state index is 0.522. The van der Waals surface area contributed by atoms with Gasteiger partial charge in [0.15, 0.2) is 0 Å². The van der Waals surface area contributed by atoms with Crippen LogP contribution in [0, 0.1) is 0 Å². The highest BCUT2D eigenvalue weighted by molar-refractivity contribution is 5.85. The van der Waals surface area contributed by atoms with Crippen molar-refractivity contribution in [1.29, 1.82) is 0 Å². The molecular weight excluding hydrogens is 280 g/mol. The monoisotopic (exact) mass is 302 g/mol. The van der Waals surface area contributed by atoms with Crippen LogP contribution >= 0.6 is 0 Å². The van der Waals surface area contributed by atoms with Crippen molar-refractivity contribution in [3.63, 3.8) is 0 Å². The quantitative estimate of drug-likeness (QED) is 0.614. The number of para-hydroxylation sites is 1. The summed E-state index contributed by atoms with van der Waals surface area (Å²) in [6, 6.07) is 21.3. The first-order valence-corrected chi connectivity index (χ1v) is 8.67. The van der Waals surface area contributed by atoms with Gasteiger partial charge < -0.3 is 9.47 Å². The lowest BCUT2D eigenvalue weighted by Gasteiger charge is -2.52. The first-order valence-electron chi connectivity index (χ1n) is 8.67. The molecule has 3 atom stereocenters. The number of nitrogens with zero attached hydrogens (tertiary/aromatic N) is 2. The van der Waals surface area contributed by atoms with E-state index in [0.717, 1.165) is 0 Å². The molecule has 0 saturated carbocycles. The summed E-state index contributed by atoms with van der Waals surface area (Å²) in [4.78, 5) is 2.68. The molecule has 3 aliphatic rings. The molecular formula is C21H22N2. The van der Waals surface area contributed by atoms with Crippen molar-refractivity contribution in [2.45, 2.75) is 37.8 Å². The molecule has 2 heteroatoms. The molecule has 1 aliphatic carbocycles. The van der Waals surface area contributed by atoms with Gasteiger partial charge in [0.25, 0.3) is 0 Å². The van der Waals surface area contributed by atoms with Crippen LogP contribution in [0.4, 0.5) is 5.82 Å². The molecule has 0 radical (unpaired) electrons. The van der Waals surface area contributed by atoms with Gasteiger partial charge in [-0.2, -0.15) is 0 Å². The number of anilines is 1. The number of hydrogen-bond donors (Lipinski definition) is 0. The van der Waals surface area contributed by atoms with Gasteiger partial charge in [0, 0.05) is 29.9 Å². The lowest BCUT2D eigenvalue weighted by molar-refractivity contribution is 0.321. The van der Waals surface area contributed by atoms with Crippen molar-refractivity contribution < 1.29 is 0 Å². The van der Waals surface area contributed by atoms with Crippen molar-refractivity contribution >= 4 is 16.7 Å². The van der Waals surface area contributed by atoms with Crippen LogP contribution in [-0.4, -0.2) is 10.6 Å². The third-order valence-corrected chi connectivity index (χ3v) is 6.05. The molecule has 1 saturated heterocycles. The van der Waals surface area contributed by atoms with Crippen molar-refractivity contribution in [2.75, 3.05) is 4.90 Å². The minimum Gasteiger partial charge on any atom is -0.348 e. The molecule has 23 heavy (non-hydrogen) atoms. The summed E-state index contributed by atoms with van der Waals surface area (Å²) in [6.45, 7) is 2.41. The molecule has 3 aromatic rings. The number of hydrogen-bond acceptors (Lipinski definition) is 1. The summed E-state index contributed by atoms with van der Waals surface area (Å²) in [7, 11) is 2.21. The summed E-state index contributed by atoms with van der Waals surface area (Å²) in [6.07, 6.45) is 2.59. The molecule has 0 N–H and O–H groups in total. The number of aromatic nitrogens is 1. The Labute approximate surface area is 137 Å². The van der Waals surface area contributed by atoms with E-state index in [-0.39, 0.29) is 0 Å². The second-order valence-electron chi connectivity index (χ2n) is 7.10. The van der Waals surface area contributed by atoms with Gasteiger partial charge in [-0.05, 0) is 43.0 Å². The van der Waals surface area contributed by atoms with E-state index in [1.807, 2.05) is 0 Å². The van der Waals surface area contributed by atoms with Gasteiger partial charge in [-0.25, -0.2) is 0 Å². The van der Waals surface area contributed by atoms with Crippen molar-refractivity contribution in [3.05, 3.63) is 65.7 Å². The van der Waals surface area contributed by atoms with Crippen LogP contribution in [0.25, 0.3) is 10.9 Å². The molecule has 116 valence electrons. The molecule has 2 aliphatic heterocycles. The van der Waals surface area contributed by atoms with Crippen LogP contribution in [0.5, 0.6) is 0 Å². The molecule has 2 nitrogen and oxygen atoms in total. The highest BCUT2D eigenvalue weighted by atomic mass is 15.3. The van der Waals surface area contributed by atoms with E-state index in [1.54, 1.807) is 11.1 Å². The van der Waals surface area contributed by atoms with Gasteiger partial charge in [0.1, 0.15) is 5.82 Å². The van der Waals surface area contributed by atoms with E-state index in [1.165, 1.54) is 29.6 Å². The van der Waals surface area contributed by atoms with Crippen LogP contribution in [0.3, 0.4) is 0 Å². The summed E-state index contributed by atoms with van der Waals surface area (Å²) in [5.74, 6) is 2.03. The second-order valence-corrected chi connectivity index (χ2v) is 7.10. The number of piperidine rings is 1. The third kappa shape index (κ3) is 1.69. The highest BCUT2D eigenvalue weighted by Gasteiger charge is 2.43. The normalized spacial score (nSPS) is 25.8. The lowest BCUT2D eigenvalue weighted by Crippen LogP contribution is -2.49. The third-order valence-electron chi connectivity index (χ3n) is 6.05. The molecule has 0 amide bonds. The van der Waals surface area contributed by atoms with E-state index in [9.17, 15) is 0 Å². The van der Waals surface area contributed by atoms with E-state index in [2.05, 4.69) is 78.0 Å². The van der Waals surface area contributed by atoms with Crippen LogP contribution in [0.2, 0.25) is 0 Å². The topological polar surface area (TPSA) is 8.17 Å².